The molecule has 4 rings (SSSR count). The van der Waals surface area contributed by atoms with Crippen LogP contribution in [0.4, 0.5) is 0 Å². The van der Waals surface area contributed by atoms with E-state index in [4.69, 9.17) is 9.47 Å². The van der Waals surface area contributed by atoms with Gasteiger partial charge >= 0.3 is 0 Å². The van der Waals surface area contributed by atoms with Gasteiger partial charge in [0.2, 0.25) is 5.91 Å². The Morgan fingerprint density at radius 3 is 2.50 bits per heavy atom. The van der Waals surface area contributed by atoms with Crippen molar-refractivity contribution in [2.24, 2.45) is 0 Å². The van der Waals surface area contributed by atoms with Gasteiger partial charge in [0.15, 0.2) is 0 Å². The van der Waals surface area contributed by atoms with Crippen molar-refractivity contribution in [1.82, 2.24) is 4.90 Å². The second-order valence-electron chi connectivity index (χ2n) is 7.14. The molecule has 5 heteroatoms. The number of carbonyl (C=O) groups excluding carboxylic acids is 1. The van der Waals surface area contributed by atoms with Gasteiger partial charge in [0.25, 0.3) is 0 Å². The van der Waals surface area contributed by atoms with Crippen LogP contribution in [0.5, 0.6) is 11.5 Å². The van der Waals surface area contributed by atoms with E-state index in [1.165, 1.54) is 0 Å². The Hall–Kier alpha value is -1.98. The van der Waals surface area contributed by atoms with Crippen LogP contribution in [0.3, 0.4) is 0 Å². The van der Waals surface area contributed by atoms with E-state index in [9.17, 15) is 4.79 Å². The summed E-state index contributed by atoms with van der Waals surface area (Å²) in [6, 6.07) is 17.8. The molecule has 0 radical (unpaired) electrons. The predicted octanol–water partition coefficient (Wildman–Crippen LogP) is 4.62. The van der Waals surface area contributed by atoms with Crippen LogP contribution in [-0.4, -0.2) is 34.9 Å². The minimum atomic E-state index is -0.527. The molecule has 0 aliphatic carbocycles. The Balaban J connectivity index is 1.54. The molecule has 2 aliphatic heterocycles. The van der Waals surface area contributed by atoms with Crippen molar-refractivity contribution in [2.75, 3.05) is 12.4 Å². The minimum absolute atomic E-state index is 0.150. The maximum atomic E-state index is 13.2. The Kier molecular flexibility index (Phi) is 4.67. The first-order valence-electron chi connectivity index (χ1n) is 8.96. The van der Waals surface area contributed by atoms with Crippen molar-refractivity contribution in [3.05, 3.63) is 60.2 Å². The largest absolute Gasteiger partial charge is 0.457 e. The lowest BCUT2D eigenvalue weighted by Gasteiger charge is -2.34. The van der Waals surface area contributed by atoms with Crippen molar-refractivity contribution >= 4 is 17.7 Å². The average molecular weight is 369 g/mol. The van der Waals surface area contributed by atoms with Crippen LogP contribution >= 0.6 is 11.8 Å². The molecule has 2 aliphatic rings. The van der Waals surface area contributed by atoms with Crippen molar-refractivity contribution in [2.45, 2.75) is 37.3 Å². The normalized spacial score (nSPS) is 24.8. The molecular weight excluding hydrogens is 346 g/mol. The third-order valence-corrected chi connectivity index (χ3v) is 6.21. The summed E-state index contributed by atoms with van der Waals surface area (Å²) in [5.41, 5.74) is 0.491. The molecule has 1 amide bonds. The van der Waals surface area contributed by atoms with Gasteiger partial charge in [0, 0.05) is 0 Å². The van der Waals surface area contributed by atoms with E-state index in [1.807, 2.05) is 73.3 Å². The summed E-state index contributed by atoms with van der Waals surface area (Å²) in [5.74, 6) is 2.68. The molecule has 0 saturated carbocycles. The molecule has 136 valence electrons. The summed E-state index contributed by atoms with van der Waals surface area (Å²) in [6.07, 6.45) is 0.978. The lowest BCUT2D eigenvalue weighted by Crippen LogP contribution is -2.48. The standard InChI is InChI=1S/C21H23NO3S/c1-21(2)22-16(14-24-21)12-13-26-19(20(22)23)15-8-10-18(11-9-15)25-17-6-4-3-5-7-17/h3-11,16,19H,12-14H2,1-2H3/t16-,19+/m0/s1. The second kappa shape index (κ2) is 6.97. The molecule has 2 saturated heterocycles. The van der Waals surface area contributed by atoms with Gasteiger partial charge < -0.3 is 14.4 Å². The second-order valence-corrected chi connectivity index (χ2v) is 8.36. The topological polar surface area (TPSA) is 38.8 Å². The molecule has 26 heavy (non-hydrogen) atoms. The van der Waals surface area contributed by atoms with Crippen molar-refractivity contribution in [3.63, 3.8) is 0 Å². The third kappa shape index (κ3) is 3.33. The molecule has 0 N–H and O–H groups in total. The Bertz CT molecular complexity index is 776. The summed E-state index contributed by atoms with van der Waals surface area (Å²) >= 11 is 1.72. The lowest BCUT2D eigenvalue weighted by molar-refractivity contribution is -0.145. The lowest BCUT2D eigenvalue weighted by atomic mass is 10.1. The first kappa shape index (κ1) is 17.4. The quantitative estimate of drug-likeness (QED) is 0.791. The van der Waals surface area contributed by atoms with Gasteiger partial charge in [-0.1, -0.05) is 30.3 Å². The summed E-state index contributed by atoms with van der Waals surface area (Å²) in [5, 5.41) is -0.188. The maximum Gasteiger partial charge on any atom is 0.242 e. The highest BCUT2D eigenvalue weighted by atomic mass is 32.2. The zero-order valence-corrected chi connectivity index (χ0v) is 15.9. The Morgan fingerprint density at radius 2 is 1.77 bits per heavy atom. The Morgan fingerprint density at radius 1 is 1.08 bits per heavy atom. The van der Waals surface area contributed by atoms with E-state index < -0.39 is 5.72 Å². The van der Waals surface area contributed by atoms with Crippen LogP contribution in [0.1, 0.15) is 31.1 Å². The summed E-state index contributed by atoms with van der Waals surface area (Å²) < 4.78 is 11.7. The molecular formula is C21H23NO3S. The van der Waals surface area contributed by atoms with Gasteiger partial charge in [-0.2, -0.15) is 0 Å². The third-order valence-electron chi connectivity index (χ3n) is 4.93. The molecule has 2 aromatic carbocycles. The average Bonchev–Trinajstić information content (AvgIpc) is 2.83. The van der Waals surface area contributed by atoms with E-state index in [0.717, 1.165) is 29.2 Å². The molecule has 4 nitrogen and oxygen atoms in total. The highest BCUT2D eigenvalue weighted by Crippen LogP contribution is 2.41. The van der Waals surface area contributed by atoms with Gasteiger partial charge in [-0.05, 0) is 55.9 Å². The number of rotatable bonds is 3. The summed E-state index contributed by atoms with van der Waals surface area (Å²) in [7, 11) is 0. The zero-order chi connectivity index (χ0) is 18.1. The minimum Gasteiger partial charge on any atom is -0.457 e. The Labute approximate surface area is 158 Å². The molecule has 0 aromatic heterocycles. The smallest absolute Gasteiger partial charge is 0.242 e. The van der Waals surface area contributed by atoms with Gasteiger partial charge in [-0.3, -0.25) is 4.79 Å². The van der Waals surface area contributed by atoms with Crippen LogP contribution in [-0.2, 0) is 9.53 Å². The first-order chi connectivity index (χ1) is 12.5. The van der Waals surface area contributed by atoms with Gasteiger partial charge in [0.05, 0.1) is 12.6 Å². The number of hydrogen-bond donors (Lipinski definition) is 0. The van der Waals surface area contributed by atoms with E-state index in [0.29, 0.717) is 6.61 Å². The first-order valence-corrected chi connectivity index (χ1v) is 10.0. The summed E-state index contributed by atoms with van der Waals surface area (Å²) in [6.45, 7) is 4.60. The maximum absolute atomic E-state index is 13.2. The number of benzene rings is 2. The number of thioether (sulfide) groups is 1. The molecule has 2 heterocycles. The zero-order valence-electron chi connectivity index (χ0n) is 15.1. The molecule has 0 unspecified atom stereocenters. The van der Waals surface area contributed by atoms with Crippen LogP contribution in [0, 0.1) is 0 Å². The summed E-state index contributed by atoms with van der Waals surface area (Å²) in [4.78, 5) is 15.2. The fourth-order valence-electron chi connectivity index (χ4n) is 3.64. The fourth-order valence-corrected chi connectivity index (χ4v) is 4.88. The van der Waals surface area contributed by atoms with E-state index >= 15 is 0 Å². The van der Waals surface area contributed by atoms with Crippen LogP contribution in [0.2, 0.25) is 0 Å². The molecule has 0 bridgehead atoms. The van der Waals surface area contributed by atoms with E-state index in [-0.39, 0.29) is 17.2 Å². The molecule has 0 spiro atoms. The van der Waals surface area contributed by atoms with Crippen molar-refractivity contribution in [3.8, 4) is 11.5 Å². The number of carbonyl (C=O) groups is 1. The number of nitrogens with zero attached hydrogens (tertiary/aromatic N) is 1. The number of amides is 1. The SMILES string of the molecule is CC1(C)OC[C@@H]2CCS[C@H](c3ccc(Oc4ccccc4)cc3)C(=O)N21. The molecule has 2 atom stereocenters. The number of para-hydroxylation sites is 1. The highest BCUT2D eigenvalue weighted by molar-refractivity contribution is 8.00. The molecule has 2 fully saturated rings. The highest BCUT2D eigenvalue weighted by Gasteiger charge is 2.47. The van der Waals surface area contributed by atoms with Gasteiger partial charge in [-0.25, -0.2) is 0 Å². The van der Waals surface area contributed by atoms with Crippen LogP contribution in [0.15, 0.2) is 54.6 Å². The van der Waals surface area contributed by atoms with Crippen LogP contribution < -0.4 is 4.74 Å². The van der Waals surface area contributed by atoms with Gasteiger partial charge in [-0.15, -0.1) is 11.8 Å². The van der Waals surface area contributed by atoms with E-state index in [2.05, 4.69) is 0 Å². The fraction of sp³-hybridized carbons (Fsp3) is 0.381. The van der Waals surface area contributed by atoms with Gasteiger partial charge in [0.1, 0.15) is 22.5 Å². The monoisotopic (exact) mass is 369 g/mol. The molecule has 2 aromatic rings. The number of fused-ring (bicyclic) bond motifs is 1. The number of ether oxygens (including phenoxy) is 2. The van der Waals surface area contributed by atoms with Crippen LogP contribution in [0.25, 0.3) is 0 Å². The van der Waals surface area contributed by atoms with E-state index in [1.54, 1.807) is 11.8 Å². The van der Waals surface area contributed by atoms with Crippen molar-refractivity contribution < 1.29 is 14.3 Å². The predicted molar refractivity (Wildman–Crippen MR) is 103 cm³/mol. The number of hydrogen-bond acceptors (Lipinski definition) is 4. The van der Waals surface area contributed by atoms with Crippen molar-refractivity contribution in [1.29, 1.82) is 0 Å².